The fourth-order valence-corrected chi connectivity index (χ4v) is 5.39. The minimum absolute atomic E-state index is 0.0816. The molecule has 202 valence electrons. The van der Waals surface area contributed by atoms with Crippen LogP contribution in [0.25, 0.3) is 10.9 Å². The number of anilines is 2. The first kappa shape index (κ1) is 26.3. The molecular weight excluding hydrogens is 490 g/mol. The third-order valence-electron chi connectivity index (χ3n) is 7.74. The molecule has 0 radical (unpaired) electrons. The van der Waals surface area contributed by atoms with Crippen molar-refractivity contribution >= 4 is 28.6 Å². The van der Waals surface area contributed by atoms with Crippen LogP contribution >= 0.6 is 0 Å². The van der Waals surface area contributed by atoms with Crippen molar-refractivity contribution in [2.45, 2.75) is 32.2 Å². The summed E-state index contributed by atoms with van der Waals surface area (Å²) in [5.74, 6) is 2.18. The first-order valence-corrected chi connectivity index (χ1v) is 13.3. The second-order valence-electron chi connectivity index (χ2n) is 10.2. The summed E-state index contributed by atoms with van der Waals surface area (Å²) in [6.45, 7) is 3.31. The maximum absolute atomic E-state index is 13.9. The van der Waals surface area contributed by atoms with Gasteiger partial charge >= 0.3 is 0 Å². The molecule has 1 amide bonds. The van der Waals surface area contributed by atoms with Crippen LogP contribution in [0.3, 0.4) is 0 Å². The standard InChI is InChI=1S/C31H35N5O3/c1-21(23-12-8-5-9-13-23)33-29(37)31(20-22-10-6-4-7-11-22)14-16-36(17-15-31)30-34-25-19-27(39-3)26(38-2)18-24(25)28(32)35-30/h4-13,18-19,21H,14-17,20H2,1-3H3,(H,33,37)(H2,32,34,35)/t21-/m1/s1. The van der Waals surface area contributed by atoms with Gasteiger partial charge in [-0.15, -0.1) is 0 Å². The second kappa shape index (κ2) is 11.2. The summed E-state index contributed by atoms with van der Waals surface area (Å²) in [7, 11) is 3.18. The second-order valence-corrected chi connectivity index (χ2v) is 10.2. The molecule has 1 aliphatic rings. The predicted molar refractivity (Wildman–Crippen MR) is 154 cm³/mol. The molecule has 2 heterocycles. The molecule has 1 atom stereocenters. The minimum Gasteiger partial charge on any atom is -0.493 e. The molecule has 1 fully saturated rings. The molecular formula is C31H35N5O3. The number of nitrogen functional groups attached to an aromatic ring is 1. The van der Waals surface area contributed by atoms with Gasteiger partial charge in [0.2, 0.25) is 11.9 Å². The highest BCUT2D eigenvalue weighted by molar-refractivity contribution is 5.92. The maximum atomic E-state index is 13.9. The largest absolute Gasteiger partial charge is 0.493 e. The summed E-state index contributed by atoms with van der Waals surface area (Å²) < 4.78 is 10.9. The zero-order valence-electron chi connectivity index (χ0n) is 22.7. The Hall–Kier alpha value is -4.33. The van der Waals surface area contributed by atoms with Crippen molar-refractivity contribution in [2.24, 2.45) is 5.41 Å². The van der Waals surface area contributed by atoms with Gasteiger partial charge in [-0.3, -0.25) is 4.79 Å². The summed E-state index contributed by atoms with van der Waals surface area (Å²) in [4.78, 5) is 25.4. The number of carbonyl (C=O) groups is 1. The number of hydrogen-bond acceptors (Lipinski definition) is 7. The Labute approximate surface area is 229 Å². The number of hydrogen-bond donors (Lipinski definition) is 2. The maximum Gasteiger partial charge on any atom is 0.227 e. The van der Waals surface area contributed by atoms with E-state index in [4.69, 9.17) is 20.2 Å². The highest BCUT2D eigenvalue weighted by Crippen LogP contribution is 2.39. The molecule has 8 nitrogen and oxygen atoms in total. The van der Waals surface area contributed by atoms with E-state index in [2.05, 4.69) is 27.3 Å². The lowest BCUT2D eigenvalue weighted by Crippen LogP contribution is -2.51. The quantitative estimate of drug-likeness (QED) is 0.336. The Morgan fingerprint density at radius 3 is 2.23 bits per heavy atom. The van der Waals surface area contributed by atoms with Crippen LogP contribution in [0, 0.1) is 5.41 Å². The number of aromatic nitrogens is 2. The fourth-order valence-electron chi connectivity index (χ4n) is 5.39. The van der Waals surface area contributed by atoms with Crippen molar-refractivity contribution < 1.29 is 14.3 Å². The first-order chi connectivity index (χ1) is 18.9. The normalized spacial score (nSPS) is 15.5. The molecule has 0 spiro atoms. The van der Waals surface area contributed by atoms with Gasteiger partial charge in [0.05, 0.1) is 31.2 Å². The van der Waals surface area contributed by atoms with Gasteiger partial charge in [0.25, 0.3) is 0 Å². The van der Waals surface area contributed by atoms with E-state index in [0.717, 1.165) is 11.1 Å². The number of piperidine rings is 1. The Bertz CT molecular complexity index is 1440. The summed E-state index contributed by atoms with van der Waals surface area (Å²) in [6.07, 6.45) is 2.01. The van der Waals surface area contributed by atoms with Crippen LogP contribution in [0.5, 0.6) is 11.5 Å². The number of carbonyl (C=O) groups excluding carboxylic acids is 1. The molecule has 1 aromatic heterocycles. The number of fused-ring (bicyclic) bond motifs is 1. The van der Waals surface area contributed by atoms with Crippen LogP contribution in [-0.4, -0.2) is 43.2 Å². The number of rotatable bonds is 8. The summed E-state index contributed by atoms with van der Waals surface area (Å²) in [6, 6.07) is 23.8. The number of benzene rings is 3. The zero-order chi connectivity index (χ0) is 27.4. The molecule has 39 heavy (non-hydrogen) atoms. The van der Waals surface area contributed by atoms with Crippen LogP contribution in [-0.2, 0) is 11.2 Å². The van der Waals surface area contributed by atoms with Crippen molar-refractivity contribution in [1.82, 2.24) is 15.3 Å². The van der Waals surface area contributed by atoms with E-state index >= 15 is 0 Å². The summed E-state index contributed by atoms with van der Waals surface area (Å²) in [5, 5.41) is 4.01. The van der Waals surface area contributed by atoms with E-state index in [1.165, 1.54) is 0 Å². The van der Waals surface area contributed by atoms with Crippen molar-refractivity contribution in [3.63, 3.8) is 0 Å². The number of nitrogens with two attached hydrogens (primary N) is 1. The highest BCUT2D eigenvalue weighted by atomic mass is 16.5. The minimum atomic E-state index is -0.542. The van der Waals surface area contributed by atoms with Crippen LogP contribution in [0.2, 0.25) is 0 Å². The molecule has 5 rings (SSSR count). The Morgan fingerprint density at radius 2 is 1.59 bits per heavy atom. The molecule has 0 unspecified atom stereocenters. The Balaban J connectivity index is 1.40. The number of nitrogens with zero attached hydrogens (tertiary/aromatic N) is 3. The van der Waals surface area contributed by atoms with Gasteiger partial charge in [-0.25, -0.2) is 4.98 Å². The molecule has 8 heteroatoms. The van der Waals surface area contributed by atoms with Gasteiger partial charge in [0.15, 0.2) is 11.5 Å². The predicted octanol–water partition coefficient (Wildman–Crippen LogP) is 4.94. The van der Waals surface area contributed by atoms with Gasteiger partial charge in [-0.05, 0) is 43.4 Å². The first-order valence-electron chi connectivity index (χ1n) is 13.3. The number of amides is 1. The van der Waals surface area contributed by atoms with E-state index in [1.54, 1.807) is 20.3 Å². The summed E-state index contributed by atoms with van der Waals surface area (Å²) in [5.41, 5.74) is 8.74. The molecule has 1 saturated heterocycles. The van der Waals surface area contributed by atoms with Gasteiger partial charge in [0.1, 0.15) is 5.82 Å². The van der Waals surface area contributed by atoms with Crippen molar-refractivity contribution in [3.05, 3.63) is 83.9 Å². The molecule has 1 aliphatic heterocycles. The molecule has 0 saturated carbocycles. The SMILES string of the molecule is COc1cc2nc(N3CCC(Cc4ccccc4)(C(=O)N[C@H](C)c4ccccc4)CC3)nc(N)c2cc1OC. The van der Waals surface area contributed by atoms with Crippen molar-refractivity contribution in [1.29, 1.82) is 0 Å². The third-order valence-corrected chi connectivity index (χ3v) is 7.74. The van der Waals surface area contributed by atoms with Crippen LogP contribution < -0.4 is 25.4 Å². The van der Waals surface area contributed by atoms with Crippen molar-refractivity contribution in [2.75, 3.05) is 37.9 Å². The summed E-state index contributed by atoms with van der Waals surface area (Å²) >= 11 is 0. The average molecular weight is 526 g/mol. The molecule has 0 bridgehead atoms. The number of ether oxygens (including phenoxy) is 2. The zero-order valence-corrected chi connectivity index (χ0v) is 22.7. The fraction of sp³-hybridized carbons (Fsp3) is 0.323. The van der Waals surface area contributed by atoms with E-state index in [1.807, 2.05) is 61.5 Å². The topological polar surface area (TPSA) is 103 Å². The number of nitrogens with one attached hydrogen (secondary N) is 1. The van der Waals surface area contributed by atoms with Gasteiger partial charge in [-0.1, -0.05) is 60.7 Å². The van der Waals surface area contributed by atoms with Gasteiger partial charge in [-0.2, -0.15) is 4.98 Å². The van der Waals surface area contributed by atoms with Crippen LogP contribution in [0.1, 0.15) is 36.9 Å². The van der Waals surface area contributed by atoms with E-state index in [0.29, 0.717) is 66.5 Å². The van der Waals surface area contributed by atoms with Gasteiger partial charge in [0, 0.05) is 24.5 Å². The lowest BCUT2D eigenvalue weighted by molar-refractivity contribution is -0.133. The third kappa shape index (κ3) is 5.46. The van der Waals surface area contributed by atoms with Crippen molar-refractivity contribution in [3.8, 4) is 11.5 Å². The monoisotopic (exact) mass is 525 g/mol. The average Bonchev–Trinajstić information content (AvgIpc) is 2.97. The Morgan fingerprint density at radius 1 is 0.974 bits per heavy atom. The molecule has 3 aromatic carbocycles. The van der Waals surface area contributed by atoms with Crippen LogP contribution in [0.4, 0.5) is 11.8 Å². The van der Waals surface area contributed by atoms with E-state index in [-0.39, 0.29) is 11.9 Å². The van der Waals surface area contributed by atoms with Crippen LogP contribution in [0.15, 0.2) is 72.8 Å². The van der Waals surface area contributed by atoms with E-state index in [9.17, 15) is 4.79 Å². The molecule has 3 N–H and O–H groups in total. The Kier molecular flexibility index (Phi) is 7.54. The lowest BCUT2D eigenvalue weighted by atomic mass is 9.72. The van der Waals surface area contributed by atoms with E-state index < -0.39 is 5.41 Å². The number of methoxy groups -OCH3 is 2. The highest BCUT2D eigenvalue weighted by Gasteiger charge is 2.42. The van der Waals surface area contributed by atoms with Gasteiger partial charge < -0.3 is 25.4 Å². The molecule has 4 aromatic rings. The molecule has 0 aliphatic carbocycles. The smallest absolute Gasteiger partial charge is 0.227 e. The lowest BCUT2D eigenvalue weighted by Gasteiger charge is -2.41.